The Bertz CT molecular complexity index is 553. The molecule has 2 rings (SSSR count). The molecule has 7 nitrogen and oxygen atoms in total. The Morgan fingerprint density at radius 2 is 1.81 bits per heavy atom. The fourth-order valence-corrected chi connectivity index (χ4v) is 2.82. The van der Waals surface area contributed by atoms with Gasteiger partial charge in [0.2, 0.25) is 0 Å². The Morgan fingerprint density at radius 3 is 2.38 bits per heavy atom. The lowest BCUT2D eigenvalue weighted by Crippen LogP contribution is -2.29. The maximum Gasteiger partial charge on any atom is 0.299 e. The van der Waals surface area contributed by atoms with Gasteiger partial charge in [-0.2, -0.15) is 0 Å². The zero-order valence-electron chi connectivity index (χ0n) is 12.0. The van der Waals surface area contributed by atoms with Crippen molar-refractivity contribution in [1.29, 1.82) is 0 Å². The second-order valence-electron chi connectivity index (χ2n) is 5.94. The van der Waals surface area contributed by atoms with Crippen LogP contribution in [0.3, 0.4) is 0 Å². The number of nitrogens with zero attached hydrogens (tertiary/aromatic N) is 2. The first-order valence-electron chi connectivity index (χ1n) is 7.08. The molecule has 21 heavy (non-hydrogen) atoms. The van der Waals surface area contributed by atoms with Crippen molar-refractivity contribution in [3.05, 3.63) is 38.4 Å². The van der Waals surface area contributed by atoms with Crippen LogP contribution in [0.2, 0.25) is 0 Å². The summed E-state index contributed by atoms with van der Waals surface area (Å²) < 4.78 is 0. The van der Waals surface area contributed by atoms with Crippen LogP contribution >= 0.6 is 0 Å². The first-order chi connectivity index (χ1) is 9.91. The summed E-state index contributed by atoms with van der Waals surface area (Å²) in [6, 6.07) is 3.71. The van der Waals surface area contributed by atoms with Gasteiger partial charge in [-0.3, -0.25) is 20.2 Å². The van der Waals surface area contributed by atoms with Crippen LogP contribution in [-0.2, 0) is 0 Å². The highest BCUT2D eigenvalue weighted by Gasteiger charge is 2.28. The molecule has 1 N–H and O–H groups in total. The van der Waals surface area contributed by atoms with E-state index < -0.39 is 9.85 Å². The SMILES string of the molecule is CC1(CNc2ccc([N+](=O)[O-])cc2[N+](=O)[O-])CCCCC1. The summed E-state index contributed by atoms with van der Waals surface area (Å²) in [5, 5.41) is 24.9. The van der Waals surface area contributed by atoms with Crippen LogP contribution in [-0.4, -0.2) is 16.4 Å². The van der Waals surface area contributed by atoms with Gasteiger partial charge in [0, 0.05) is 12.6 Å². The van der Waals surface area contributed by atoms with Crippen LogP contribution in [0.4, 0.5) is 17.1 Å². The van der Waals surface area contributed by atoms with E-state index in [0.717, 1.165) is 18.9 Å². The number of nitrogens with one attached hydrogen (secondary N) is 1. The minimum atomic E-state index is -0.626. The van der Waals surface area contributed by atoms with Crippen LogP contribution in [0.1, 0.15) is 39.0 Å². The fourth-order valence-electron chi connectivity index (χ4n) is 2.82. The van der Waals surface area contributed by atoms with E-state index >= 15 is 0 Å². The number of nitro benzene ring substituents is 2. The highest BCUT2D eigenvalue weighted by Crippen LogP contribution is 2.37. The predicted molar refractivity (Wildman–Crippen MR) is 79.4 cm³/mol. The normalized spacial score (nSPS) is 17.2. The third-order valence-electron chi connectivity index (χ3n) is 4.16. The standard InChI is InChI=1S/C14H19N3O4/c1-14(7-3-2-4-8-14)10-15-12-6-5-11(16(18)19)9-13(12)17(20)21/h5-6,9,15H,2-4,7-8,10H2,1H3. The average molecular weight is 293 g/mol. The maximum absolute atomic E-state index is 11.1. The number of anilines is 1. The van der Waals surface area contributed by atoms with Gasteiger partial charge in [0.25, 0.3) is 11.4 Å². The molecule has 0 heterocycles. The number of hydrogen-bond donors (Lipinski definition) is 1. The van der Waals surface area contributed by atoms with Gasteiger partial charge in [-0.15, -0.1) is 0 Å². The lowest BCUT2D eigenvalue weighted by Gasteiger charge is -2.33. The van der Waals surface area contributed by atoms with Crippen LogP contribution in [0.5, 0.6) is 0 Å². The van der Waals surface area contributed by atoms with Gasteiger partial charge in [0.15, 0.2) is 0 Å². The molecular weight excluding hydrogens is 274 g/mol. The molecule has 0 bridgehead atoms. The molecule has 1 aromatic rings. The Hall–Kier alpha value is -2.18. The predicted octanol–water partition coefficient (Wildman–Crippen LogP) is 3.89. The summed E-state index contributed by atoms with van der Waals surface area (Å²) in [4.78, 5) is 20.6. The van der Waals surface area contributed by atoms with E-state index in [-0.39, 0.29) is 16.8 Å². The molecule has 7 heteroatoms. The lowest BCUT2D eigenvalue weighted by molar-refractivity contribution is -0.393. The van der Waals surface area contributed by atoms with E-state index in [0.29, 0.717) is 12.2 Å². The van der Waals surface area contributed by atoms with Gasteiger partial charge in [-0.1, -0.05) is 26.2 Å². The third kappa shape index (κ3) is 3.68. The minimum Gasteiger partial charge on any atom is -0.379 e. The second-order valence-corrected chi connectivity index (χ2v) is 5.94. The van der Waals surface area contributed by atoms with Crippen molar-refractivity contribution in [3.63, 3.8) is 0 Å². The van der Waals surface area contributed by atoms with Gasteiger partial charge in [-0.05, 0) is 24.3 Å². The molecule has 1 saturated carbocycles. The number of benzene rings is 1. The molecule has 0 atom stereocenters. The number of non-ortho nitro benzene ring substituents is 1. The first-order valence-corrected chi connectivity index (χ1v) is 7.08. The van der Waals surface area contributed by atoms with Gasteiger partial charge >= 0.3 is 0 Å². The molecule has 0 amide bonds. The van der Waals surface area contributed by atoms with Crippen molar-refractivity contribution in [3.8, 4) is 0 Å². The van der Waals surface area contributed by atoms with Crippen LogP contribution in [0, 0.1) is 25.6 Å². The molecule has 0 aromatic heterocycles. The smallest absolute Gasteiger partial charge is 0.299 e. The zero-order valence-corrected chi connectivity index (χ0v) is 12.0. The molecule has 1 aromatic carbocycles. The van der Waals surface area contributed by atoms with Crippen molar-refractivity contribution >= 4 is 17.1 Å². The summed E-state index contributed by atoms with van der Waals surface area (Å²) >= 11 is 0. The van der Waals surface area contributed by atoms with Gasteiger partial charge in [0.1, 0.15) is 5.69 Å². The van der Waals surface area contributed by atoms with Crippen molar-refractivity contribution in [2.45, 2.75) is 39.0 Å². The maximum atomic E-state index is 11.1. The summed E-state index contributed by atoms with van der Waals surface area (Å²) in [7, 11) is 0. The Labute approximate surface area is 122 Å². The number of nitro groups is 2. The minimum absolute atomic E-state index is 0.133. The quantitative estimate of drug-likeness (QED) is 0.656. The number of rotatable bonds is 5. The molecule has 1 fully saturated rings. The Balaban J connectivity index is 2.15. The monoisotopic (exact) mass is 293 g/mol. The summed E-state index contributed by atoms with van der Waals surface area (Å²) in [6.07, 6.45) is 5.80. The molecule has 0 saturated heterocycles. The fraction of sp³-hybridized carbons (Fsp3) is 0.571. The molecule has 1 aliphatic carbocycles. The summed E-state index contributed by atoms with van der Waals surface area (Å²) in [5.74, 6) is 0. The zero-order chi connectivity index (χ0) is 15.5. The molecule has 0 aliphatic heterocycles. The Morgan fingerprint density at radius 1 is 1.14 bits per heavy atom. The van der Waals surface area contributed by atoms with Crippen molar-refractivity contribution < 1.29 is 9.85 Å². The second kappa shape index (κ2) is 6.07. The molecule has 0 unspecified atom stereocenters. The molecule has 0 spiro atoms. The summed E-state index contributed by atoms with van der Waals surface area (Å²) in [6.45, 7) is 2.82. The van der Waals surface area contributed by atoms with Crippen molar-refractivity contribution in [2.24, 2.45) is 5.41 Å². The molecule has 114 valence electrons. The summed E-state index contributed by atoms with van der Waals surface area (Å²) in [5.41, 5.74) is -0.0365. The van der Waals surface area contributed by atoms with E-state index in [1.807, 2.05) is 0 Å². The van der Waals surface area contributed by atoms with E-state index in [9.17, 15) is 20.2 Å². The van der Waals surface area contributed by atoms with Crippen LogP contribution < -0.4 is 5.32 Å². The highest BCUT2D eigenvalue weighted by molar-refractivity contribution is 5.65. The highest BCUT2D eigenvalue weighted by atomic mass is 16.6. The first kappa shape index (κ1) is 15.2. The average Bonchev–Trinajstić information content (AvgIpc) is 2.45. The van der Waals surface area contributed by atoms with Gasteiger partial charge < -0.3 is 5.32 Å². The van der Waals surface area contributed by atoms with Crippen molar-refractivity contribution in [2.75, 3.05) is 11.9 Å². The largest absolute Gasteiger partial charge is 0.379 e. The number of hydrogen-bond acceptors (Lipinski definition) is 5. The third-order valence-corrected chi connectivity index (χ3v) is 4.16. The van der Waals surface area contributed by atoms with E-state index in [4.69, 9.17) is 0 Å². The van der Waals surface area contributed by atoms with Crippen molar-refractivity contribution in [1.82, 2.24) is 0 Å². The Kier molecular flexibility index (Phi) is 4.40. The van der Waals surface area contributed by atoms with Crippen LogP contribution in [0.25, 0.3) is 0 Å². The lowest BCUT2D eigenvalue weighted by atomic mass is 9.76. The molecular formula is C14H19N3O4. The van der Waals surface area contributed by atoms with Gasteiger partial charge in [-0.25, -0.2) is 0 Å². The van der Waals surface area contributed by atoms with E-state index in [1.54, 1.807) is 0 Å². The van der Waals surface area contributed by atoms with E-state index in [1.165, 1.54) is 31.4 Å². The van der Waals surface area contributed by atoms with Gasteiger partial charge in [0.05, 0.1) is 15.9 Å². The van der Waals surface area contributed by atoms with Crippen LogP contribution in [0.15, 0.2) is 18.2 Å². The molecule has 0 radical (unpaired) electrons. The topological polar surface area (TPSA) is 98.3 Å². The van der Waals surface area contributed by atoms with E-state index in [2.05, 4.69) is 12.2 Å². The molecule has 1 aliphatic rings.